The van der Waals surface area contributed by atoms with Crippen LogP contribution < -0.4 is 5.43 Å². The van der Waals surface area contributed by atoms with Crippen molar-refractivity contribution < 1.29 is 13.2 Å². The standard InChI is InChI=1S/C21H21N3O3S/c1-28(26,27)24(15-17-8-3-2-4-9-17)16-21(25)23-22-14-19-12-7-11-18-10-5-6-13-20(18)19/h2-14H,15-16H2,1H3,(H,23,25)/b22-14-. The highest BCUT2D eigenvalue weighted by atomic mass is 32.2. The van der Waals surface area contributed by atoms with E-state index in [-0.39, 0.29) is 13.1 Å². The van der Waals surface area contributed by atoms with Gasteiger partial charge in [-0.2, -0.15) is 9.41 Å². The Bertz CT molecular complexity index is 1090. The number of carbonyl (C=O) groups excluding carboxylic acids is 1. The molecule has 3 aromatic rings. The van der Waals surface area contributed by atoms with E-state index in [9.17, 15) is 13.2 Å². The largest absolute Gasteiger partial charge is 0.272 e. The molecule has 0 aliphatic carbocycles. The van der Waals surface area contributed by atoms with Crippen LogP contribution in [-0.2, 0) is 21.4 Å². The first-order valence-electron chi connectivity index (χ1n) is 8.72. The third kappa shape index (κ3) is 5.25. The van der Waals surface area contributed by atoms with Crippen LogP contribution in [0.1, 0.15) is 11.1 Å². The number of hydrogen-bond acceptors (Lipinski definition) is 4. The highest BCUT2D eigenvalue weighted by molar-refractivity contribution is 7.88. The SMILES string of the molecule is CS(=O)(=O)N(CC(=O)N/N=C\c1cccc2ccccc12)Cc1ccccc1. The van der Waals surface area contributed by atoms with E-state index in [1.807, 2.05) is 72.8 Å². The molecule has 0 atom stereocenters. The lowest BCUT2D eigenvalue weighted by atomic mass is 10.1. The molecule has 7 heteroatoms. The maximum absolute atomic E-state index is 12.2. The normalized spacial score (nSPS) is 11.9. The van der Waals surface area contributed by atoms with E-state index in [1.54, 1.807) is 6.21 Å². The molecule has 144 valence electrons. The molecular formula is C21H21N3O3S. The van der Waals surface area contributed by atoms with E-state index in [0.29, 0.717) is 0 Å². The minimum absolute atomic E-state index is 0.125. The predicted octanol–water partition coefficient (Wildman–Crippen LogP) is 2.75. The smallest absolute Gasteiger partial charge is 0.255 e. The Hall–Kier alpha value is -3.03. The summed E-state index contributed by atoms with van der Waals surface area (Å²) < 4.78 is 25.2. The molecule has 1 amide bonds. The summed E-state index contributed by atoms with van der Waals surface area (Å²) in [7, 11) is -3.54. The first-order valence-corrected chi connectivity index (χ1v) is 10.6. The number of benzene rings is 3. The van der Waals surface area contributed by atoms with Crippen molar-refractivity contribution >= 4 is 32.9 Å². The number of hydrazone groups is 1. The van der Waals surface area contributed by atoms with Gasteiger partial charge >= 0.3 is 0 Å². The van der Waals surface area contributed by atoms with Crippen LogP contribution in [0.4, 0.5) is 0 Å². The number of rotatable bonds is 7. The van der Waals surface area contributed by atoms with Crippen molar-refractivity contribution in [3.63, 3.8) is 0 Å². The average molecular weight is 395 g/mol. The van der Waals surface area contributed by atoms with Gasteiger partial charge in [0.1, 0.15) is 0 Å². The molecule has 0 unspecified atom stereocenters. The molecule has 28 heavy (non-hydrogen) atoms. The Balaban J connectivity index is 1.67. The van der Waals surface area contributed by atoms with Crippen LogP contribution in [0.2, 0.25) is 0 Å². The average Bonchev–Trinajstić information content (AvgIpc) is 2.68. The monoisotopic (exact) mass is 395 g/mol. The Labute approximate surface area is 164 Å². The molecule has 6 nitrogen and oxygen atoms in total. The minimum atomic E-state index is -3.54. The number of fused-ring (bicyclic) bond motifs is 1. The number of carbonyl (C=O) groups is 1. The third-order valence-electron chi connectivity index (χ3n) is 4.21. The highest BCUT2D eigenvalue weighted by Crippen LogP contribution is 2.16. The summed E-state index contributed by atoms with van der Waals surface area (Å²) in [6.45, 7) is -0.180. The molecule has 0 aromatic heterocycles. The predicted molar refractivity (Wildman–Crippen MR) is 111 cm³/mol. The van der Waals surface area contributed by atoms with Gasteiger partial charge in [0, 0.05) is 12.1 Å². The fraction of sp³-hybridized carbons (Fsp3) is 0.143. The van der Waals surface area contributed by atoms with Crippen molar-refractivity contribution in [3.8, 4) is 0 Å². The number of amides is 1. The Morgan fingerprint density at radius 1 is 1.00 bits per heavy atom. The van der Waals surface area contributed by atoms with E-state index in [4.69, 9.17) is 0 Å². The molecule has 0 bridgehead atoms. The van der Waals surface area contributed by atoms with Crippen molar-refractivity contribution in [1.29, 1.82) is 0 Å². The molecule has 3 rings (SSSR count). The second kappa shape index (κ2) is 8.77. The van der Waals surface area contributed by atoms with Gasteiger partial charge in [0.25, 0.3) is 5.91 Å². The van der Waals surface area contributed by atoms with Gasteiger partial charge in [-0.05, 0) is 16.3 Å². The van der Waals surface area contributed by atoms with E-state index >= 15 is 0 Å². The molecule has 0 aliphatic heterocycles. The van der Waals surface area contributed by atoms with Gasteiger partial charge < -0.3 is 0 Å². The molecule has 0 aliphatic rings. The zero-order chi connectivity index (χ0) is 20.0. The first kappa shape index (κ1) is 19.7. The van der Waals surface area contributed by atoms with Crippen LogP contribution in [0.3, 0.4) is 0 Å². The van der Waals surface area contributed by atoms with Gasteiger partial charge in [-0.3, -0.25) is 4.79 Å². The fourth-order valence-electron chi connectivity index (χ4n) is 2.81. The Morgan fingerprint density at radius 3 is 2.43 bits per heavy atom. The summed E-state index contributed by atoms with van der Waals surface area (Å²) in [4.78, 5) is 12.2. The number of nitrogens with zero attached hydrogens (tertiary/aromatic N) is 2. The van der Waals surface area contributed by atoms with Crippen LogP contribution >= 0.6 is 0 Å². The molecule has 0 radical (unpaired) electrons. The summed E-state index contributed by atoms with van der Waals surface area (Å²) in [5.41, 5.74) is 4.08. The number of sulfonamides is 1. The van der Waals surface area contributed by atoms with E-state index in [0.717, 1.165) is 32.5 Å². The highest BCUT2D eigenvalue weighted by Gasteiger charge is 2.20. The number of hydrogen-bond donors (Lipinski definition) is 1. The Kier molecular flexibility index (Phi) is 6.18. The Morgan fingerprint density at radius 2 is 1.68 bits per heavy atom. The molecule has 0 heterocycles. The van der Waals surface area contributed by atoms with Gasteiger partial charge in [-0.1, -0.05) is 72.8 Å². The van der Waals surface area contributed by atoms with Crippen molar-refractivity contribution in [2.75, 3.05) is 12.8 Å². The molecule has 0 saturated carbocycles. The summed E-state index contributed by atoms with van der Waals surface area (Å²) in [5, 5.41) is 6.08. The van der Waals surface area contributed by atoms with Gasteiger partial charge in [0.05, 0.1) is 19.0 Å². The van der Waals surface area contributed by atoms with E-state index in [1.165, 1.54) is 0 Å². The lowest BCUT2D eigenvalue weighted by molar-refractivity contribution is -0.121. The molecule has 0 fully saturated rings. The summed E-state index contributed by atoms with van der Waals surface area (Å²) >= 11 is 0. The molecule has 1 N–H and O–H groups in total. The van der Waals surface area contributed by atoms with Crippen molar-refractivity contribution in [3.05, 3.63) is 83.9 Å². The second-order valence-corrected chi connectivity index (χ2v) is 8.36. The summed E-state index contributed by atoms with van der Waals surface area (Å²) in [6.07, 6.45) is 2.64. The molecular weight excluding hydrogens is 374 g/mol. The maximum atomic E-state index is 12.2. The quantitative estimate of drug-likeness (QED) is 0.493. The van der Waals surface area contributed by atoms with Gasteiger partial charge in [0.2, 0.25) is 10.0 Å². The number of nitrogens with one attached hydrogen (secondary N) is 1. The lowest BCUT2D eigenvalue weighted by Gasteiger charge is -2.18. The topological polar surface area (TPSA) is 78.8 Å². The molecule has 0 saturated heterocycles. The van der Waals surface area contributed by atoms with Crippen molar-refractivity contribution in [2.45, 2.75) is 6.54 Å². The van der Waals surface area contributed by atoms with Gasteiger partial charge in [-0.25, -0.2) is 13.8 Å². The van der Waals surface area contributed by atoms with E-state index in [2.05, 4.69) is 10.5 Å². The first-order chi connectivity index (χ1) is 13.4. The molecule has 0 spiro atoms. The van der Waals surface area contributed by atoms with Crippen LogP contribution in [0.25, 0.3) is 10.8 Å². The fourth-order valence-corrected chi connectivity index (χ4v) is 3.55. The van der Waals surface area contributed by atoms with Gasteiger partial charge in [0.15, 0.2) is 0 Å². The lowest BCUT2D eigenvalue weighted by Crippen LogP contribution is -2.38. The summed E-state index contributed by atoms with van der Waals surface area (Å²) in [5.74, 6) is -0.502. The van der Waals surface area contributed by atoms with Crippen LogP contribution in [0.5, 0.6) is 0 Å². The summed E-state index contributed by atoms with van der Waals surface area (Å²) in [6, 6.07) is 22.8. The van der Waals surface area contributed by atoms with Crippen LogP contribution in [0, 0.1) is 0 Å². The van der Waals surface area contributed by atoms with E-state index < -0.39 is 15.9 Å². The molecule has 3 aromatic carbocycles. The van der Waals surface area contributed by atoms with Crippen LogP contribution in [-0.4, -0.2) is 37.6 Å². The third-order valence-corrected chi connectivity index (χ3v) is 5.40. The maximum Gasteiger partial charge on any atom is 0.255 e. The minimum Gasteiger partial charge on any atom is -0.272 e. The van der Waals surface area contributed by atoms with Crippen LogP contribution in [0.15, 0.2) is 77.9 Å². The van der Waals surface area contributed by atoms with Gasteiger partial charge in [-0.15, -0.1) is 0 Å². The second-order valence-electron chi connectivity index (χ2n) is 6.38. The zero-order valence-corrected chi connectivity index (χ0v) is 16.3. The van der Waals surface area contributed by atoms with Crippen molar-refractivity contribution in [2.24, 2.45) is 5.10 Å². The zero-order valence-electron chi connectivity index (χ0n) is 15.4. The van der Waals surface area contributed by atoms with Crippen molar-refractivity contribution in [1.82, 2.24) is 9.73 Å².